The Morgan fingerprint density at radius 3 is 2.50 bits per heavy atom. The summed E-state index contributed by atoms with van der Waals surface area (Å²) in [5, 5.41) is 0.155. The van der Waals surface area contributed by atoms with Crippen LogP contribution < -0.4 is 0 Å². The van der Waals surface area contributed by atoms with E-state index in [1.54, 1.807) is 0 Å². The quantitative estimate of drug-likeness (QED) is 0.486. The fourth-order valence-corrected chi connectivity index (χ4v) is 3.65. The molecule has 0 saturated heterocycles. The van der Waals surface area contributed by atoms with Gasteiger partial charge >= 0.3 is 0 Å². The zero-order valence-electron chi connectivity index (χ0n) is 14.2. The molecule has 0 amide bonds. The van der Waals surface area contributed by atoms with E-state index in [0.717, 1.165) is 39.9 Å². The van der Waals surface area contributed by atoms with Crippen LogP contribution in [0.1, 0.15) is 27.3 Å². The van der Waals surface area contributed by atoms with Gasteiger partial charge < -0.3 is 4.40 Å². The predicted molar refractivity (Wildman–Crippen MR) is 103 cm³/mol. The fourth-order valence-electron chi connectivity index (χ4n) is 2.89. The van der Waals surface area contributed by atoms with E-state index in [2.05, 4.69) is 8.75 Å². The van der Waals surface area contributed by atoms with Crippen LogP contribution in [0.4, 0.5) is 0 Å². The second-order valence-electron chi connectivity index (χ2n) is 6.21. The summed E-state index contributed by atoms with van der Waals surface area (Å²) in [5.41, 5.74) is 5.87. The number of rotatable bonds is 4. The summed E-state index contributed by atoms with van der Waals surface area (Å²) in [4.78, 5) is 17.5. The molecule has 0 aliphatic heterocycles. The van der Waals surface area contributed by atoms with Crippen molar-refractivity contribution in [3.05, 3.63) is 70.3 Å². The highest BCUT2D eigenvalue weighted by atomic mass is 35.5. The zero-order chi connectivity index (χ0) is 18.3. The van der Waals surface area contributed by atoms with Crippen molar-refractivity contribution in [1.82, 2.24) is 18.1 Å². The number of aromatic nitrogens is 4. The lowest BCUT2D eigenvalue weighted by molar-refractivity contribution is 0.0988. The van der Waals surface area contributed by atoms with Crippen molar-refractivity contribution in [3.8, 4) is 11.3 Å². The molecule has 0 atom stereocenters. The van der Waals surface area contributed by atoms with Gasteiger partial charge in [-0.05, 0) is 25.5 Å². The van der Waals surface area contributed by atoms with Crippen LogP contribution in [0.5, 0.6) is 0 Å². The topological polar surface area (TPSA) is 60.2 Å². The van der Waals surface area contributed by atoms with Crippen LogP contribution in [0.15, 0.2) is 42.6 Å². The average molecular weight is 383 g/mol. The van der Waals surface area contributed by atoms with Gasteiger partial charge in [-0.25, -0.2) is 4.98 Å². The van der Waals surface area contributed by atoms with Gasteiger partial charge in [0.25, 0.3) is 0 Å². The summed E-state index contributed by atoms with van der Waals surface area (Å²) >= 11 is 6.93. The third-order valence-corrected chi connectivity index (χ3v) is 5.12. The molecule has 0 fully saturated rings. The first-order valence-electron chi connectivity index (χ1n) is 8.09. The van der Waals surface area contributed by atoms with E-state index in [1.807, 2.05) is 60.8 Å². The van der Waals surface area contributed by atoms with Crippen LogP contribution in [0.2, 0.25) is 5.15 Å². The van der Waals surface area contributed by atoms with Gasteiger partial charge in [0.2, 0.25) is 0 Å². The molecule has 0 saturated carbocycles. The maximum absolute atomic E-state index is 12.7. The molecular formula is C19H15ClN4OS. The van der Waals surface area contributed by atoms with E-state index < -0.39 is 0 Å². The number of nitrogens with zero attached hydrogens (tertiary/aromatic N) is 4. The number of fused-ring (bicyclic) bond motifs is 1. The third-order valence-electron chi connectivity index (χ3n) is 4.23. The molecule has 0 aliphatic rings. The molecule has 1 aromatic carbocycles. The molecule has 4 rings (SSSR count). The van der Waals surface area contributed by atoms with E-state index in [0.29, 0.717) is 0 Å². The number of carbonyl (C=O) groups excluding carboxylic acids is 1. The monoisotopic (exact) mass is 382 g/mol. The molecule has 26 heavy (non-hydrogen) atoms. The number of imidazole rings is 1. The Bertz CT molecular complexity index is 1110. The minimum Gasteiger partial charge on any atom is -0.303 e. The van der Waals surface area contributed by atoms with Crippen molar-refractivity contribution < 1.29 is 4.79 Å². The first-order chi connectivity index (χ1) is 12.5. The van der Waals surface area contributed by atoms with Gasteiger partial charge in [0.05, 0.1) is 29.5 Å². The molecule has 0 bridgehead atoms. The fraction of sp³-hybridized carbons (Fsp3) is 0.158. The van der Waals surface area contributed by atoms with Crippen LogP contribution in [-0.2, 0) is 6.42 Å². The van der Waals surface area contributed by atoms with E-state index in [4.69, 9.17) is 16.6 Å². The second kappa shape index (κ2) is 6.63. The van der Waals surface area contributed by atoms with Gasteiger partial charge in [0, 0.05) is 11.8 Å². The largest absolute Gasteiger partial charge is 0.303 e. The molecule has 7 heteroatoms. The van der Waals surface area contributed by atoms with Crippen LogP contribution in [0, 0.1) is 13.8 Å². The SMILES string of the molecule is Cc1ccc(-c2nc3ccc(C)cn3c2CC(=O)c2nsnc2Cl)cc1. The van der Waals surface area contributed by atoms with E-state index >= 15 is 0 Å². The van der Waals surface area contributed by atoms with Crippen molar-refractivity contribution in [2.75, 3.05) is 0 Å². The number of halogens is 1. The number of benzene rings is 1. The van der Waals surface area contributed by atoms with Crippen LogP contribution >= 0.6 is 23.3 Å². The summed E-state index contributed by atoms with van der Waals surface area (Å²) in [6.45, 7) is 4.05. The zero-order valence-corrected chi connectivity index (χ0v) is 15.8. The van der Waals surface area contributed by atoms with Crippen molar-refractivity contribution in [2.45, 2.75) is 20.3 Å². The highest BCUT2D eigenvalue weighted by Crippen LogP contribution is 2.27. The van der Waals surface area contributed by atoms with Gasteiger partial charge in [0.1, 0.15) is 5.65 Å². The smallest absolute Gasteiger partial charge is 0.191 e. The maximum Gasteiger partial charge on any atom is 0.191 e. The third kappa shape index (κ3) is 3.02. The van der Waals surface area contributed by atoms with Gasteiger partial charge in [-0.3, -0.25) is 4.79 Å². The molecule has 3 heterocycles. The molecule has 3 aromatic heterocycles. The number of hydrogen-bond acceptors (Lipinski definition) is 5. The number of Topliss-reactive ketones (excluding diaryl/α,β-unsaturated/α-hetero) is 1. The van der Waals surface area contributed by atoms with Gasteiger partial charge in [-0.1, -0.05) is 47.5 Å². The van der Waals surface area contributed by atoms with Crippen molar-refractivity contribution in [1.29, 1.82) is 0 Å². The van der Waals surface area contributed by atoms with E-state index in [9.17, 15) is 4.79 Å². The summed E-state index contributed by atoms with van der Waals surface area (Å²) in [6, 6.07) is 12.1. The number of ketones is 1. The summed E-state index contributed by atoms with van der Waals surface area (Å²) in [5.74, 6) is -0.166. The lowest BCUT2D eigenvalue weighted by atomic mass is 10.0. The Labute approximate surface area is 159 Å². The second-order valence-corrected chi connectivity index (χ2v) is 7.10. The Balaban J connectivity index is 1.86. The number of aryl methyl sites for hydroxylation is 2. The first-order valence-corrected chi connectivity index (χ1v) is 9.19. The van der Waals surface area contributed by atoms with Crippen LogP contribution in [0.3, 0.4) is 0 Å². The molecule has 4 aromatic rings. The van der Waals surface area contributed by atoms with E-state index in [-0.39, 0.29) is 23.1 Å². The van der Waals surface area contributed by atoms with Gasteiger partial charge in [-0.2, -0.15) is 8.75 Å². The van der Waals surface area contributed by atoms with Crippen molar-refractivity contribution in [3.63, 3.8) is 0 Å². The molecule has 0 unspecified atom stereocenters. The number of carbonyl (C=O) groups is 1. The molecule has 130 valence electrons. The summed E-state index contributed by atoms with van der Waals surface area (Å²) in [7, 11) is 0. The number of pyridine rings is 1. The van der Waals surface area contributed by atoms with Crippen molar-refractivity contribution >= 4 is 34.8 Å². The Morgan fingerprint density at radius 1 is 1.08 bits per heavy atom. The lowest BCUT2D eigenvalue weighted by Crippen LogP contribution is -2.08. The summed E-state index contributed by atoms with van der Waals surface area (Å²) in [6.07, 6.45) is 2.14. The minimum absolute atomic E-state index is 0.152. The van der Waals surface area contributed by atoms with Gasteiger partial charge in [-0.15, -0.1) is 0 Å². The average Bonchev–Trinajstić information content (AvgIpc) is 3.20. The van der Waals surface area contributed by atoms with E-state index in [1.165, 1.54) is 5.56 Å². The Morgan fingerprint density at radius 2 is 1.81 bits per heavy atom. The molecule has 0 radical (unpaired) electrons. The van der Waals surface area contributed by atoms with Crippen molar-refractivity contribution in [2.24, 2.45) is 0 Å². The highest BCUT2D eigenvalue weighted by molar-refractivity contribution is 6.99. The summed E-state index contributed by atoms with van der Waals surface area (Å²) < 4.78 is 9.88. The molecular weight excluding hydrogens is 368 g/mol. The number of hydrogen-bond donors (Lipinski definition) is 0. The standard InChI is InChI=1S/C19H15ClN4OS/c1-11-3-6-13(7-4-11)17-14(9-15(25)18-19(20)23-26-22-18)24-10-12(2)5-8-16(24)21-17/h3-8,10H,9H2,1-2H3. The predicted octanol–water partition coefficient (Wildman–Crippen LogP) is 4.55. The van der Waals surface area contributed by atoms with Crippen LogP contribution in [-0.4, -0.2) is 23.9 Å². The molecule has 0 N–H and O–H groups in total. The highest BCUT2D eigenvalue weighted by Gasteiger charge is 2.21. The normalized spacial score (nSPS) is 11.2. The molecule has 5 nitrogen and oxygen atoms in total. The van der Waals surface area contributed by atoms with Crippen LogP contribution in [0.25, 0.3) is 16.9 Å². The maximum atomic E-state index is 12.7. The van der Waals surface area contributed by atoms with Gasteiger partial charge in [0.15, 0.2) is 16.6 Å². The lowest BCUT2D eigenvalue weighted by Gasteiger charge is -2.05. The Hall–Kier alpha value is -2.57. The Kier molecular flexibility index (Phi) is 4.30. The molecule has 0 spiro atoms. The first kappa shape index (κ1) is 16.9. The molecule has 0 aliphatic carbocycles. The minimum atomic E-state index is -0.166.